The van der Waals surface area contributed by atoms with E-state index in [0.29, 0.717) is 32.6 Å². The summed E-state index contributed by atoms with van der Waals surface area (Å²) in [7, 11) is 0. The van der Waals surface area contributed by atoms with Crippen molar-refractivity contribution in [2.24, 2.45) is 16.3 Å². The van der Waals surface area contributed by atoms with Crippen LogP contribution in [-0.4, -0.2) is 66.3 Å². The van der Waals surface area contributed by atoms with Gasteiger partial charge in [-0.05, 0) is 18.3 Å². The number of alkyl halides is 3. The number of rotatable bonds is 5. The summed E-state index contributed by atoms with van der Waals surface area (Å²) >= 11 is 0. The van der Waals surface area contributed by atoms with E-state index in [4.69, 9.17) is 10.9 Å². The molecule has 0 aromatic heterocycles. The summed E-state index contributed by atoms with van der Waals surface area (Å²) < 4.78 is 36.9. The van der Waals surface area contributed by atoms with Crippen LogP contribution in [0.3, 0.4) is 0 Å². The lowest BCUT2D eigenvalue weighted by atomic mass is 10.0. The van der Waals surface area contributed by atoms with E-state index in [0.717, 1.165) is 19.4 Å². The molecular formula is C12H21F3N4O. The van der Waals surface area contributed by atoms with Crippen molar-refractivity contribution in [3.8, 4) is 0 Å². The largest absolute Gasteiger partial charge is 0.409 e. The van der Waals surface area contributed by atoms with Crippen molar-refractivity contribution in [1.82, 2.24) is 9.80 Å². The number of nitrogens with two attached hydrogens (primary N) is 1. The molecule has 1 aliphatic carbocycles. The second-order valence-corrected chi connectivity index (χ2v) is 5.94. The Morgan fingerprint density at radius 2 is 1.70 bits per heavy atom. The molecule has 20 heavy (non-hydrogen) atoms. The smallest absolute Gasteiger partial charge is 0.401 e. The average molecular weight is 294 g/mol. The van der Waals surface area contributed by atoms with E-state index in [9.17, 15) is 13.2 Å². The van der Waals surface area contributed by atoms with Crippen molar-refractivity contribution in [1.29, 1.82) is 0 Å². The number of halogens is 3. The van der Waals surface area contributed by atoms with Gasteiger partial charge in [0.15, 0.2) is 0 Å². The molecule has 5 nitrogen and oxygen atoms in total. The fourth-order valence-corrected chi connectivity index (χ4v) is 2.82. The molecular weight excluding hydrogens is 273 g/mol. The molecule has 0 aromatic carbocycles. The summed E-state index contributed by atoms with van der Waals surface area (Å²) in [4.78, 5) is 3.63. The lowest BCUT2D eigenvalue weighted by Gasteiger charge is -2.36. The van der Waals surface area contributed by atoms with Crippen molar-refractivity contribution in [3.63, 3.8) is 0 Å². The number of nitrogens with zero attached hydrogens (tertiary/aromatic N) is 3. The number of amidine groups is 1. The molecule has 1 saturated heterocycles. The van der Waals surface area contributed by atoms with Gasteiger partial charge in [0.1, 0.15) is 5.84 Å². The van der Waals surface area contributed by atoms with Crippen LogP contribution in [0.15, 0.2) is 5.16 Å². The van der Waals surface area contributed by atoms with Gasteiger partial charge in [-0.15, -0.1) is 0 Å². The molecule has 116 valence electrons. The molecule has 0 unspecified atom stereocenters. The molecule has 0 aromatic rings. The highest BCUT2D eigenvalue weighted by Gasteiger charge is 2.45. The van der Waals surface area contributed by atoms with E-state index in [1.165, 1.54) is 4.90 Å². The Hall–Kier alpha value is -1.02. The fourth-order valence-electron chi connectivity index (χ4n) is 2.82. The molecule has 2 rings (SSSR count). The fraction of sp³-hybridized carbons (Fsp3) is 0.917. The zero-order chi connectivity index (χ0) is 14.8. The van der Waals surface area contributed by atoms with Crippen molar-refractivity contribution in [3.05, 3.63) is 0 Å². The molecule has 0 spiro atoms. The van der Waals surface area contributed by atoms with Crippen LogP contribution in [0.25, 0.3) is 0 Å². The second-order valence-electron chi connectivity index (χ2n) is 5.94. The number of hydrogen-bond donors (Lipinski definition) is 2. The lowest BCUT2D eigenvalue weighted by molar-refractivity contribution is -0.149. The van der Waals surface area contributed by atoms with Gasteiger partial charge in [-0.2, -0.15) is 13.2 Å². The van der Waals surface area contributed by atoms with Crippen LogP contribution in [0.5, 0.6) is 0 Å². The molecule has 1 heterocycles. The highest BCUT2D eigenvalue weighted by atomic mass is 19.4. The quantitative estimate of drug-likeness (QED) is 0.345. The lowest BCUT2D eigenvalue weighted by Crippen LogP contribution is -2.50. The first-order chi connectivity index (χ1) is 9.32. The molecule has 0 amide bonds. The molecule has 0 bridgehead atoms. The zero-order valence-corrected chi connectivity index (χ0v) is 11.4. The van der Waals surface area contributed by atoms with E-state index in [-0.39, 0.29) is 11.3 Å². The Morgan fingerprint density at radius 1 is 1.15 bits per heavy atom. The summed E-state index contributed by atoms with van der Waals surface area (Å²) in [5.74, 6) is 0.234. The molecule has 1 aliphatic heterocycles. The van der Waals surface area contributed by atoms with E-state index in [1.807, 2.05) is 0 Å². The first-order valence-electron chi connectivity index (χ1n) is 6.80. The SMILES string of the molecule is NC(CC1(CN2CCN(CC(F)(F)F)CC2)CC1)=NO. The van der Waals surface area contributed by atoms with Crippen LogP contribution in [0, 0.1) is 5.41 Å². The van der Waals surface area contributed by atoms with Crippen LogP contribution in [0.1, 0.15) is 19.3 Å². The van der Waals surface area contributed by atoms with Gasteiger partial charge in [-0.3, -0.25) is 4.90 Å². The maximum atomic E-state index is 12.3. The van der Waals surface area contributed by atoms with E-state index in [2.05, 4.69) is 10.1 Å². The minimum absolute atomic E-state index is 0.0719. The van der Waals surface area contributed by atoms with Crippen LogP contribution in [-0.2, 0) is 0 Å². The Morgan fingerprint density at radius 3 is 2.15 bits per heavy atom. The maximum absolute atomic E-state index is 12.3. The molecule has 0 radical (unpaired) electrons. The van der Waals surface area contributed by atoms with Crippen molar-refractivity contribution >= 4 is 5.84 Å². The third-order valence-corrected chi connectivity index (χ3v) is 4.07. The Bertz CT molecular complexity index is 360. The van der Waals surface area contributed by atoms with Gasteiger partial charge in [-0.25, -0.2) is 0 Å². The monoisotopic (exact) mass is 294 g/mol. The number of oxime groups is 1. The number of hydrogen-bond acceptors (Lipinski definition) is 4. The van der Waals surface area contributed by atoms with Crippen LogP contribution in [0.4, 0.5) is 13.2 Å². The summed E-state index contributed by atoms with van der Waals surface area (Å²) in [6, 6.07) is 0. The zero-order valence-electron chi connectivity index (χ0n) is 11.4. The molecule has 2 aliphatic rings. The highest BCUT2D eigenvalue weighted by molar-refractivity contribution is 5.80. The Labute approximate surface area is 116 Å². The minimum Gasteiger partial charge on any atom is -0.409 e. The maximum Gasteiger partial charge on any atom is 0.401 e. The van der Waals surface area contributed by atoms with Crippen molar-refractivity contribution < 1.29 is 18.4 Å². The van der Waals surface area contributed by atoms with E-state index < -0.39 is 12.7 Å². The predicted molar refractivity (Wildman–Crippen MR) is 68.6 cm³/mol. The summed E-state index contributed by atoms with van der Waals surface area (Å²) in [5.41, 5.74) is 5.62. The third-order valence-electron chi connectivity index (χ3n) is 4.07. The van der Waals surface area contributed by atoms with E-state index >= 15 is 0 Å². The van der Waals surface area contributed by atoms with Gasteiger partial charge in [0.05, 0.1) is 6.54 Å². The highest BCUT2D eigenvalue weighted by Crippen LogP contribution is 2.49. The predicted octanol–water partition coefficient (Wildman–Crippen LogP) is 1.08. The normalized spacial score (nSPS) is 24.9. The van der Waals surface area contributed by atoms with Crippen LogP contribution < -0.4 is 5.73 Å². The first kappa shape index (κ1) is 15.4. The van der Waals surface area contributed by atoms with Gasteiger partial charge < -0.3 is 15.8 Å². The van der Waals surface area contributed by atoms with Crippen molar-refractivity contribution in [2.45, 2.75) is 25.4 Å². The molecule has 0 atom stereocenters. The average Bonchev–Trinajstić information content (AvgIpc) is 3.09. The molecule has 3 N–H and O–H groups in total. The van der Waals surface area contributed by atoms with E-state index in [1.54, 1.807) is 0 Å². The topological polar surface area (TPSA) is 65.1 Å². The number of piperazine rings is 1. The summed E-state index contributed by atoms with van der Waals surface area (Å²) in [6.45, 7) is 2.18. The minimum atomic E-state index is -4.12. The summed E-state index contributed by atoms with van der Waals surface area (Å²) in [6.07, 6.45) is -1.49. The Kier molecular flexibility index (Phi) is 4.43. The molecule has 1 saturated carbocycles. The van der Waals surface area contributed by atoms with Gasteiger partial charge in [-0.1, -0.05) is 5.16 Å². The van der Waals surface area contributed by atoms with Gasteiger partial charge >= 0.3 is 6.18 Å². The third kappa shape index (κ3) is 4.52. The second kappa shape index (κ2) is 5.77. The Balaban J connectivity index is 1.75. The molecule has 2 fully saturated rings. The van der Waals surface area contributed by atoms with Gasteiger partial charge in [0.2, 0.25) is 0 Å². The summed E-state index contributed by atoms with van der Waals surface area (Å²) in [5, 5.41) is 11.6. The van der Waals surface area contributed by atoms with Gasteiger partial charge in [0, 0.05) is 39.1 Å². The first-order valence-corrected chi connectivity index (χ1v) is 6.80. The van der Waals surface area contributed by atoms with Crippen molar-refractivity contribution in [2.75, 3.05) is 39.3 Å². The standard InChI is InChI=1S/C12H21F3N4O/c13-12(14,15)9-19-5-3-18(4-6-19)8-11(1-2-11)7-10(16)17-20/h20H,1-9H2,(H2,16,17). The molecule has 8 heteroatoms. The van der Waals surface area contributed by atoms with Crippen LogP contribution in [0.2, 0.25) is 0 Å². The van der Waals surface area contributed by atoms with Gasteiger partial charge in [0.25, 0.3) is 0 Å². The van der Waals surface area contributed by atoms with Crippen LogP contribution >= 0.6 is 0 Å².